The zero-order valence-corrected chi connectivity index (χ0v) is 12.2. The zero-order chi connectivity index (χ0) is 15.5. The highest BCUT2D eigenvalue weighted by Gasteiger charge is 2.36. The molecule has 0 radical (unpaired) electrons. The number of aliphatic carboxylic acids is 1. The molecule has 0 bridgehead atoms. The lowest BCUT2D eigenvalue weighted by Crippen LogP contribution is -2.38. The third kappa shape index (κ3) is 2.86. The molecule has 1 aromatic rings. The van der Waals surface area contributed by atoms with Crippen molar-refractivity contribution in [3.05, 3.63) is 23.8 Å². The molecule has 1 aromatic carbocycles. The average molecular weight is 305 g/mol. The van der Waals surface area contributed by atoms with Crippen molar-refractivity contribution in [2.45, 2.75) is 32.2 Å². The van der Waals surface area contributed by atoms with E-state index in [1.165, 1.54) is 0 Å². The Labute approximate surface area is 128 Å². The van der Waals surface area contributed by atoms with E-state index in [1.54, 1.807) is 6.07 Å². The number of ether oxygens (including phenoxy) is 2. The zero-order valence-electron chi connectivity index (χ0n) is 12.2. The second kappa shape index (κ2) is 6.25. The number of hydrogen-bond acceptors (Lipinski definition) is 4. The minimum atomic E-state index is -1.04. The minimum Gasteiger partial charge on any atom is -0.481 e. The summed E-state index contributed by atoms with van der Waals surface area (Å²) in [5.41, 5.74) is 0.791. The van der Waals surface area contributed by atoms with Crippen LogP contribution < -0.4 is 14.8 Å². The van der Waals surface area contributed by atoms with Gasteiger partial charge in [-0.05, 0) is 24.8 Å². The second-order valence-corrected chi connectivity index (χ2v) is 5.73. The van der Waals surface area contributed by atoms with Gasteiger partial charge >= 0.3 is 5.97 Å². The lowest BCUT2D eigenvalue weighted by atomic mass is 9.90. The Kier molecular flexibility index (Phi) is 4.18. The van der Waals surface area contributed by atoms with Crippen LogP contribution in [0.5, 0.6) is 11.5 Å². The third-order valence-electron chi connectivity index (χ3n) is 4.35. The Morgan fingerprint density at radius 3 is 2.77 bits per heavy atom. The Bertz CT molecular complexity index is 580. The molecule has 1 aliphatic heterocycles. The second-order valence-electron chi connectivity index (χ2n) is 5.73. The number of amides is 1. The average Bonchev–Trinajstić information content (AvgIpc) is 3.15. The van der Waals surface area contributed by atoms with Crippen LogP contribution in [0, 0.1) is 11.8 Å². The summed E-state index contributed by atoms with van der Waals surface area (Å²) in [7, 11) is 0. The summed E-state index contributed by atoms with van der Waals surface area (Å²) in [4.78, 5) is 23.7. The number of rotatable bonds is 5. The normalized spacial score (nSPS) is 18.2. The van der Waals surface area contributed by atoms with Crippen molar-refractivity contribution >= 4 is 11.9 Å². The van der Waals surface area contributed by atoms with Crippen LogP contribution in [0.25, 0.3) is 0 Å². The smallest absolute Gasteiger partial charge is 0.316 e. The SMILES string of the molecule is O=C(O)C(C(=O)NCc1cccc2c1OCO2)C1CCCC1. The van der Waals surface area contributed by atoms with E-state index in [9.17, 15) is 14.7 Å². The maximum Gasteiger partial charge on any atom is 0.316 e. The van der Waals surface area contributed by atoms with Crippen LogP contribution in [0.4, 0.5) is 0 Å². The molecule has 2 N–H and O–H groups in total. The summed E-state index contributed by atoms with van der Waals surface area (Å²) in [5.74, 6) is -1.21. The lowest BCUT2D eigenvalue weighted by molar-refractivity contribution is -0.149. The molecule has 6 nitrogen and oxygen atoms in total. The molecular weight excluding hydrogens is 286 g/mol. The van der Waals surface area contributed by atoms with Gasteiger partial charge in [-0.15, -0.1) is 0 Å². The first-order chi connectivity index (χ1) is 10.7. The van der Waals surface area contributed by atoms with E-state index in [0.717, 1.165) is 31.2 Å². The monoisotopic (exact) mass is 305 g/mol. The molecule has 0 aromatic heterocycles. The van der Waals surface area contributed by atoms with Crippen molar-refractivity contribution in [3.8, 4) is 11.5 Å². The van der Waals surface area contributed by atoms with Gasteiger partial charge in [-0.1, -0.05) is 25.0 Å². The topological polar surface area (TPSA) is 84.9 Å². The Hall–Kier alpha value is -2.24. The van der Waals surface area contributed by atoms with Crippen LogP contribution in [0.1, 0.15) is 31.2 Å². The molecule has 1 saturated carbocycles. The number of fused-ring (bicyclic) bond motifs is 1. The summed E-state index contributed by atoms with van der Waals surface area (Å²) in [5, 5.41) is 12.1. The molecule has 1 fully saturated rings. The summed E-state index contributed by atoms with van der Waals surface area (Å²) < 4.78 is 10.7. The Morgan fingerprint density at radius 1 is 1.27 bits per heavy atom. The number of carboxylic acid groups (broad SMARTS) is 1. The molecule has 1 amide bonds. The van der Waals surface area contributed by atoms with E-state index in [0.29, 0.717) is 11.5 Å². The van der Waals surface area contributed by atoms with Gasteiger partial charge < -0.3 is 19.9 Å². The highest BCUT2D eigenvalue weighted by Crippen LogP contribution is 2.35. The first kappa shape index (κ1) is 14.7. The van der Waals surface area contributed by atoms with Crippen LogP contribution >= 0.6 is 0 Å². The minimum absolute atomic E-state index is 0.0569. The number of hydrogen-bond donors (Lipinski definition) is 2. The predicted octanol–water partition coefficient (Wildman–Crippen LogP) is 1.92. The number of carbonyl (C=O) groups excluding carboxylic acids is 1. The largest absolute Gasteiger partial charge is 0.481 e. The molecule has 1 atom stereocenters. The van der Waals surface area contributed by atoms with Gasteiger partial charge in [0, 0.05) is 12.1 Å². The molecule has 3 rings (SSSR count). The number of carboxylic acids is 1. The van der Waals surface area contributed by atoms with Crippen LogP contribution in [0.2, 0.25) is 0 Å². The van der Waals surface area contributed by atoms with Crippen LogP contribution in [-0.4, -0.2) is 23.8 Å². The molecule has 2 aliphatic rings. The standard InChI is InChI=1S/C16H19NO5/c18-15(13(16(19)20)10-4-1-2-5-10)17-8-11-6-3-7-12-14(11)22-9-21-12/h3,6-7,10,13H,1-2,4-5,8-9H2,(H,17,18)(H,19,20). The van der Waals surface area contributed by atoms with Gasteiger partial charge in [0.05, 0.1) is 0 Å². The van der Waals surface area contributed by atoms with Gasteiger partial charge in [0.2, 0.25) is 12.7 Å². The van der Waals surface area contributed by atoms with Crippen molar-refractivity contribution in [2.24, 2.45) is 11.8 Å². The lowest BCUT2D eigenvalue weighted by Gasteiger charge is -2.18. The van der Waals surface area contributed by atoms with E-state index in [1.807, 2.05) is 12.1 Å². The maximum atomic E-state index is 12.3. The fraction of sp³-hybridized carbons (Fsp3) is 0.500. The van der Waals surface area contributed by atoms with E-state index in [2.05, 4.69) is 5.32 Å². The fourth-order valence-corrected chi connectivity index (χ4v) is 3.24. The summed E-state index contributed by atoms with van der Waals surface area (Å²) in [6.07, 6.45) is 3.61. The van der Waals surface area contributed by atoms with Crippen molar-refractivity contribution in [1.29, 1.82) is 0 Å². The van der Waals surface area contributed by atoms with Gasteiger partial charge in [0.1, 0.15) is 5.92 Å². The maximum absolute atomic E-state index is 12.3. The van der Waals surface area contributed by atoms with Crippen LogP contribution in [0.3, 0.4) is 0 Å². The van der Waals surface area contributed by atoms with Crippen molar-refractivity contribution in [2.75, 3.05) is 6.79 Å². The third-order valence-corrected chi connectivity index (χ3v) is 4.35. The van der Waals surface area contributed by atoms with E-state index in [4.69, 9.17) is 9.47 Å². The van der Waals surface area contributed by atoms with Crippen molar-refractivity contribution < 1.29 is 24.2 Å². The predicted molar refractivity (Wildman–Crippen MR) is 77.5 cm³/mol. The molecule has 1 unspecified atom stereocenters. The summed E-state index contributed by atoms with van der Waals surface area (Å²) >= 11 is 0. The van der Waals surface area contributed by atoms with E-state index < -0.39 is 17.8 Å². The summed E-state index contributed by atoms with van der Waals surface area (Å²) in [6, 6.07) is 5.45. The first-order valence-corrected chi connectivity index (χ1v) is 7.55. The van der Waals surface area contributed by atoms with Crippen LogP contribution in [-0.2, 0) is 16.1 Å². The number of carbonyl (C=O) groups is 2. The first-order valence-electron chi connectivity index (χ1n) is 7.55. The van der Waals surface area contributed by atoms with Gasteiger partial charge in [-0.25, -0.2) is 0 Å². The van der Waals surface area contributed by atoms with E-state index in [-0.39, 0.29) is 19.3 Å². The fourth-order valence-electron chi connectivity index (χ4n) is 3.24. The molecule has 1 heterocycles. The highest BCUT2D eigenvalue weighted by molar-refractivity contribution is 5.97. The van der Waals surface area contributed by atoms with Gasteiger partial charge in [0.15, 0.2) is 11.5 Å². The van der Waals surface area contributed by atoms with Gasteiger partial charge in [-0.2, -0.15) is 0 Å². The van der Waals surface area contributed by atoms with Gasteiger partial charge in [-0.3, -0.25) is 9.59 Å². The van der Waals surface area contributed by atoms with Gasteiger partial charge in [0.25, 0.3) is 0 Å². The Morgan fingerprint density at radius 2 is 2.05 bits per heavy atom. The number of para-hydroxylation sites is 1. The Balaban J connectivity index is 1.66. The molecule has 118 valence electrons. The molecule has 0 saturated heterocycles. The molecular formula is C16H19NO5. The molecule has 6 heteroatoms. The highest BCUT2D eigenvalue weighted by atomic mass is 16.7. The van der Waals surface area contributed by atoms with E-state index >= 15 is 0 Å². The molecule has 1 aliphatic carbocycles. The number of benzene rings is 1. The van der Waals surface area contributed by atoms with Crippen molar-refractivity contribution in [3.63, 3.8) is 0 Å². The summed E-state index contributed by atoms with van der Waals surface area (Å²) in [6.45, 7) is 0.405. The quantitative estimate of drug-likeness (QED) is 0.812. The van der Waals surface area contributed by atoms with Crippen molar-refractivity contribution in [1.82, 2.24) is 5.32 Å². The number of nitrogens with one attached hydrogen (secondary N) is 1. The van der Waals surface area contributed by atoms with Crippen LogP contribution in [0.15, 0.2) is 18.2 Å². The molecule has 22 heavy (non-hydrogen) atoms. The molecule has 0 spiro atoms.